The summed E-state index contributed by atoms with van der Waals surface area (Å²) in [5, 5.41) is 0. The molecule has 0 aromatic heterocycles. The highest BCUT2D eigenvalue weighted by molar-refractivity contribution is 5.81. The first-order valence-corrected chi connectivity index (χ1v) is 11.4. The second kappa shape index (κ2) is 8.86. The molecule has 1 atom stereocenters. The molecule has 3 fully saturated rings. The van der Waals surface area contributed by atoms with Crippen molar-refractivity contribution in [3.05, 3.63) is 35.9 Å². The van der Waals surface area contributed by atoms with Crippen LogP contribution in [-0.4, -0.2) is 71.8 Å². The summed E-state index contributed by atoms with van der Waals surface area (Å²) < 4.78 is 0. The maximum atomic E-state index is 12.8. The van der Waals surface area contributed by atoms with E-state index in [2.05, 4.69) is 41.0 Å². The molecule has 0 unspecified atom stereocenters. The molecule has 0 aliphatic carbocycles. The van der Waals surface area contributed by atoms with Crippen molar-refractivity contribution in [2.24, 2.45) is 5.41 Å². The highest BCUT2D eigenvalue weighted by Crippen LogP contribution is 2.40. The van der Waals surface area contributed by atoms with E-state index in [0.717, 1.165) is 77.8 Å². The van der Waals surface area contributed by atoms with Crippen LogP contribution in [0.3, 0.4) is 0 Å². The average molecular weight is 398 g/mol. The molecule has 3 saturated heterocycles. The molecule has 1 aromatic carbocycles. The lowest BCUT2D eigenvalue weighted by atomic mass is 9.72. The zero-order chi connectivity index (χ0) is 20.3. The number of nitrogens with zero attached hydrogens (tertiary/aromatic N) is 3. The monoisotopic (exact) mass is 397 g/mol. The predicted molar refractivity (Wildman–Crippen MR) is 114 cm³/mol. The average Bonchev–Trinajstić information content (AvgIpc) is 3.30. The van der Waals surface area contributed by atoms with Gasteiger partial charge in [0.25, 0.3) is 0 Å². The number of piperidine rings is 2. The largest absolute Gasteiger partial charge is 0.342 e. The first-order chi connectivity index (χ1) is 14.1. The number of benzene rings is 1. The van der Waals surface area contributed by atoms with Gasteiger partial charge in [0.15, 0.2) is 0 Å². The van der Waals surface area contributed by atoms with E-state index in [1.54, 1.807) is 0 Å². The van der Waals surface area contributed by atoms with Gasteiger partial charge in [-0.15, -0.1) is 0 Å². The van der Waals surface area contributed by atoms with Crippen molar-refractivity contribution in [2.45, 2.75) is 57.9 Å². The lowest BCUT2D eigenvalue weighted by Gasteiger charge is -2.48. The fourth-order valence-corrected chi connectivity index (χ4v) is 5.37. The number of likely N-dealkylation sites (tertiary alicyclic amines) is 3. The van der Waals surface area contributed by atoms with Gasteiger partial charge in [-0.3, -0.25) is 14.5 Å². The molecule has 1 aromatic rings. The Hall–Kier alpha value is -1.88. The van der Waals surface area contributed by atoms with Crippen molar-refractivity contribution >= 4 is 11.8 Å². The first kappa shape index (κ1) is 20.4. The van der Waals surface area contributed by atoms with Crippen LogP contribution in [0.4, 0.5) is 0 Å². The van der Waals surface area contributed by atoms with Crippen LogP contribution in [0.15, 0.2) is 30.3 Å². The summed E-state index contributed by atoms with van der Waals surface area (Å²) in [6.45, 7) is 7.59. The Kier molecular flexibility index (Phi) is 6.23. The second-order valence-electron chi connectivity index (χ2n) is 9.30. The molecule has 158 valence electrons. The molecular weight excluding hydrogens is 362 g/mol. The van der Waals surface area contributed by atoms with Crippen molar-refractivity contribution in [2.75, 3.05) is 39.3 Å². The standard InChI is InChI=1S/C24H35N3O2/c1-20(23(29)26-14-5-6-15-26)25-17-12-24(13-18-25)11-9-22(28)27(19-24)16-10-21-7-3-2-4-8-21/h2-4,7-8,20H,5-6,9-19H2,1H3/t20-/m0/s1. The van der Waals surface area contributed by atoms with E-state index >= 15 is 0 Å². The van der Waals surface area contributed by atoms with Crippen molar-refractivity contribution in [1.29, 1.82) is 0 Å². The van der Waals surface area contributed by atoms with Crippen LogP contribution in [0.1, 0.15) is 51.0 Å². The van der Waals surface area contributed by atoms with Gasteiger partial charge in [-0.05, 0) is 69.5 Å². The topological polar surface area (TPSA) is 43.9 Å². The minimum Gasteiger partial charge on any atom is -0.342 e. The fraction of sp³-hybridized carbons (Fsp3) is 0.667. The Morgan fingerprint density at radius 3 is 2.41 bits per heavy atom. The van der Waals surface area contributed by atoms with Crippen LogP contribution in [-0.2, 0) is 16.0 Å². The molecule has 0 radical (unpaired) electrons. The van der Waals surface area contributed by atoms with Gasteiger partial charge in [-0.1, -0.05) is 30.3 Å². The minimum atomic E-state index is -0.00939. The van der Waals surface area contributed by atoms with E-state index in [1.165, 1.54) is 5.56 Å². The van der Waals surface area contributed by atoms with E-state index in [4.69, 9.17) is 0 Å². The summed E-state index contributed by atoms with van der Waals surface area (Å²) in [5.41, 5.74) is 1.54. The van der Waals surface area contributed by atoms with E-state index in [1.807, 2.05) is 11.0 Å². The lowest BCUT2D eigenvalue weighted by Crippen LogP contribution is -2.55. The van der Waals surface area contributed by atoms with E-state index in [-0.39, 0.29) is 11.5 Å². The van der Waals surface area contributed by atoms with E-state index in [9.17, 15) is 9.59 Å². The summed E-state index contributed by atoms with van der Waals surface area (Å²) in [6, 6.07) is 10.4. The molecule has 0 bridgehead atoms. The number of carbonyl (C=O) groups is 2. The Morgan fingerprint density at radius 2 is 1.72 bits per heavy atom. The first-order valence-electron chi connectivity index (χ1n) is 11.4. The molecule has 0 N–H and O–H groups in total. The smallest absolute Gasteiger partial charge is 0.239 e. The van der Waals surface area contributed by atoms with Gasteiger partial charge >= 0.3 is 0 Å². The zero-order valence-corrected chi connectivity index (χ0v) is 17.8. The van der Waals surface area contributed by atoms with Crippen LogP contribution in [0.5, 0.6) is 0 Å². The predicted octanol–water partition coefficient (Wildman–Crippen LogP) is 2.94. The molecule has 0 saturated carbocycles. The molecule has 3 aliphatic rings. The number of rotatable bonds is 5. The van der Waals surface area contributed by atoms with Gasteiger partial charge in [0.2, 0.25) is 11.8 Å². The summed E-state index contributed by atoms with van der Waals surface area (Å²) in [5.74, 6) is 0.619. The molecule has 5 nitrogen and oxygen atoms in total. The van der Waals surface area contributed by atoms with Crippen molar-refractivity contribution in [3.8, 4) is 0 Å². The molecule has 1 spiro atoms. The van der Waals surface area contributed by atoms with Gasteiger partial charge in [0.05, 0.1) is 6.04 Å². The number of hydrogen-bond acceptors (Lipinski definition) is 3. The normalized spacial score (nSPS) is 23.6. The third-order valence-corrected chi connectivity index (χ3v) is 7.44. The molecule has 3 aliphatic heterocycles. The van der Waals surface area contributed by atoms with Crippen molar-refractivity contribution in [3.63, 3.8) is 0 Å². The summed E-state index contributed by atoms with van der Waals surface area (Å²) >= 11 is 0. The molecule has 2 amide bonds. The zero-order valence-electron chi connectivity index (χ0n) is 17.8. The number of amides is 2. The number of carbonyl (C=O) groups excluding carboxylic acids is 2. The lowest BCUT2D eigenvalue weighted by molar-refractivity contribution is -0.140. The molecular formula is C24H35N3O2. The fourth-order valence-electron chi connectivity index (χ4n) is 5.37. The Morgan fingerprint density at radius 1 is 1.03 bits per heavy atom. The second-order valence-corrected chi connectivity index (χ2v) is 9.30. The summed E-state index contributed by atoms with van der Waals surface area (Å²) in [4.78, 5) is 31.8. The highest BCUT2D eigenvalue weighted by Gasteiger charge is 2.42. The number of hydrogen-bond donors (Lipinski definition) is 0. The van der Waals surface area contributed by atoms with Gasteiger partial charge in [-0.2, -0.15) is 0 Å². The molecule has 5 heteroatoms. The third-order valence-electron chi connectivity index (χ3n) is 7.44. The highest BCUT2D eigenvalue weighted by atomic mass is 16.2. The molecule has 4 rings (SSSR count). The van der Waals surface area contributed by atoms with Crippen LogP contribution < -0.4 is 0 Å². The maximum Gasteiger partial charge on any atom is 0.239 e. The molecule has 29 heavy (non-hydrogen) atoms. The van der Waals surface area contributed by atoms with Gasteiger partial charge in [0.1, 0.15) is 0 Å². The quantitative estimate of drug-likeness (QED) is 0.767. The Labute approximate surface area is 175 Å². The van der Waals surface area contributed by atoms with Crippen LogP contribution in [0.25, 0.3) is 0 Å². The minimum absolute atomic E-state index is 0.00939. The van der Waals surface area contributed by atoms with E-state index < -0.39 is 0 Å². The summed E-state index contributed by atoms with van der Waals surface area (Å²) in [6.07, 6.45) is 7.10. The van der Waals surface area contributed by atoms with E-state index in [0.29, 0.717) is 18.2 Å². The van der Waals surface area contributed by atoms with Crippen molar-refractivity contribution in [1.82, 2.24) is 14.7 Å². The third kappa shape index (κ3) is 4.66. The van der Waals surface area contributed by atoms with Crippen LogP contribution in [0.2, 0.25) is 0 Å². The van der Waals surface area contributed by atoms with Crippen LogP contribution >= 0.6 is 0 Å². The van der Waals surface area contributed by atoms with Crippen molar-refractivity contribution < 1.29 is 9.59 Å². The van der Waals surface area contributed by atoms with Crippen LogP contribution in [0, 0.1) is 5.41 Å². The maximum absolute atomic E-state index is 12.8. The van der Waals surface area contributed by atoms with Gasteiger partial charge < -0.3 is 9.80 Å². The Balaban J connectivity index is 1.31. The molecule has 3 heterocycles. The SMILES string of the molecule is C[C@@H](C(=O)N1CCCC1)N1CCC2(CCC(=O)N(CCc3ccccc3)C2)CC1. The van der Waals surface area contributed by atoms with Gasteiger partial charge in [-0.25, -0.2) is 0 Å². The Bertz CT molecular complexity index is 706. The summed E-state index contributed by atoms with van der Waals surface area (Å²) in [7, 11) is 0. The van der Waals surface area contributed by atoms with Gasteiger partial charge in [0, 0.05) is 32.6 Å².